The Morgan fingerprint density at radius 3 is 2.79 bits per heavy atom. The summed E-state index contributed by atoms with van der Waals surface area (Å²) in [5, 5.41) is 2.82. The monoisotopic (exact) mass is 268 g/mol. The van der Waals surface area contributed by atoms with Crippen LogP contribution in [-0.2, 0) is 14.3 Å². The first kappa shape index (κ1) is 14.3. The Labute approximate surface area is 114 Å². The Morgan fingerprint density at radius 2 is 2.21 bits per heavy atom. The first-order chi connectivity index (χ1) is 9.06. The highest BCUT2D eigenvalue weighted by molar-refractivity contribution is 5.96. The van der Waals surface area contributed by atoms with Gasteiger partial charge in [0.15, 0.2) is 0 Å². The summed E-state index contributed by atoms with van der Waals surface area (Å²) in [5.74, 6) is -0.0140. The summed E-state index contributed by atoms with van der Waals surface area (Å²) in [5.41, 5.74) is 0. The highest BCUT2D eigenvalue weighted by Crippen LogP contribution is 2.24. The maximum Gasteiger partial charge on any atom is 0.246 e. The van der Waals surface area contributed by atoms with Gasteiger partial charge in [-0.2, -0.15) is 0 Å². The van der Waals surface area contributed by atoms with Crippen molar-refractivity contribution in [2.45, 2.75) is 70.7 Å². The average Bonchev–Trinajstić information content (AvgIpc) is 2.90. The van der Waals surface area contributed by atoms with Crippen LogP contribution in [0.25, 0.3) is 0 Å². The number of ether oxygens (including phenoxy) is 1. The van der Waals surface area contributed by atoms with E-state index < -0.39 is 6.04 Å². The molecule has 4 atom stereocenters. The number of nitrogens with zero attached hydrogens (tertiary/aromatic N) is 1. The van der Waals surface area contributed by atoms with Crippen LogP contribution in [-0.4, -0.2) is 47.6 Å². The van der Waals surface area contributed by atoms with E-state index in [1.165, 1.54) is 0 Å². The molecule has 0 aromatic rings. The third-order valence-corrected chi connectivity index (χ3v) is 4.18. The third-order valence-electron chi connectivity index (χ3n) is 4.18. The fourth-order valence-corrected chi connectivity index (χ4v) is 3.05. The zero-order valence-electron chi connectivity index (χ0n) is 12.0. The van der Waals surface area contributed by atoms with Crippen molar-refractivity contribution in [3.05, 3.63) is 0 Å². The first-order valence-corrected chi connectivity index (χ1v) is 7.30. The highest BCUT2D eigenvalue weighted by Gasteiger charge is 2.42. The molecule has 2 aliphatic rings. The summed E-state index contributed by atoms with van der Waals surface area (Å²) in [4.78, 5) is 26.3. The van der Waals surface area contributed by atoms with Gasteiger partial charge < -0.3 is 15.0 Å². The highest BCUT2D eigenvalue weighted by atomic mass is 16.5. The summed E-state index contributed by atoms with van der Waals surface area (Å²) in [6.45, 7) is 6.56. The molecule has 2 saturated heterocycles. The minimum absolute atomic E-state index is 0.0320. The van der Waals surface area contributed by atoms with E-state index in [9.17, 15) is 9.59 Å². The summed E-state index contributed by atoms with van der Waals surface area (Å²) in [7, 11) is 0. The molecule has 2 aliphatic heterocycles. The van der Waals surface area contributed by atoms with E-state index in [0.717, 1.165) is 25.9 Å². The molecule has 0 spiro atoms. The molecule has 4 unspecified atom stereocenters. The van der Waals surface area contributed by atoms with E-state index in [1.54, 1.807) is 11.8 Å². The van der Waals surface area contributed by atoms with E-state index in [2.05, 4.69) is 5.32 Å². The third kappa shape index (κ3) is 2.76. The Morgan fingerprint density at radius 1 is 1.47 bits per heavy atom. The van der Waals surface area contributed by atoms with E-state index in [4.69, 9.17) is 4.74 Å². The number of hydrogen-bond donors (Lipinski definition) is 1. The Kier molecular flexibility index (Phi) is 4.45. The molecule has 0 saturated carbocycles. The van der Waals surface area contributed by atoms with Crippen molar-refractivity contribution >= 4 is 11.8 Å². The van der Waals surface area contributed by atoms with Crippen LogP contribution in [0.4, 0.5) is 0 Å². The zero-order chi connectivity index (χ0) is 14.0. The molecule has 108 valence electrons. The number of amides is 2. The summed E-state index contributed by atoms with van der Waals surface area (Å²) >= 11 is 0. The summed E-state index contributed by atoms with van der Waals surface area (Å²) < 4.78 is 5.67. The lowest BCUT2D eigenvalue weighted by Crippen LogP contribution is -2.65. The quantitative estimate of drug-likeness (QED) is 0.829. The van der Waals surface area contributed by atoms with Crippen molar-refractivity contribution in [1.29, 1.82) is 0 Å². The number of carbonyl (C=O) groups is 2. The lowest BCUT2D eigenvalue weighted by molar-refractivity contribution is -0.154. The lowest BCUT2D eigenvalue weighted by Gasteiger charge is -2.42. The van der Waals surface area contributed by atoms with Crippen molar-refractivity contribution in [3.8, 4) is 0 Å². The van der Waals surface area contributed by atoms with Gasteiger partial charge in [-0.25, -0.2) is 0 Å². The lowest BCUT2D eigenvalue weighted by atomic mass is 9.99. The molecule has 0 aromatic carbocycles. The molecule has 2 heterocycles. The predicted octanol–water partition coefficient (Wildman–Crippen LogP) is 1.07. The van der Waals surface area contributed by atoms with Crippen LogP contribution in [0.2, 0.25) is 0 Å². The van der Waals surface area contributed by atoms with Crippen LogP contribution in [0.15, 0.2) is 0 Å². The molecule has 1 N–H and O–H groups in total. The average molecular weight is 268 g/mol. The van der Waals surface area contributed by atoms with Crippen LogP contribution in [0.1, 0.15) is 46.5 Å². The molecule has 0 aromatic heterocycles. The summed E-state index contributed by atoms with van der Waals surface area (Å²) in [6, 6.07) is -0.798. The molecule has 5 nitrogen and oxygen atoms in total. The van der Waals surface area contributed by atoms with Gasteiger partial charge in [-0.15, -0.1) is 0 Å². The summed E-state index contributed by atoms with van der Waals surface area (Å²) in [6.07, 6.45) is 3.66. The van der Waals surface area contributed by atoms with Crippen molar-refractivity contribution in [1.82, 2.24) is 10.2 Å². The zero-order valence-corrected chi connectivity index (χ0v) is 12.0. The molecule has 0 bridgehead atoms. The van der Waals surface area contributed by atoms with Gasteiger partial charge in [0, 0.05) is 6.61 Å². The first-order valence-electron chi connectivity index (χ1n) is 7.30. The minimum Gasteiger partial charge on any atom is -0.376 e. The van der Waals surface area contributed by atoms with Gasteiger partial charge in [0.05, 0.1) is 12.1 Å². The Hall–Kier alpha value is -1.10. The van der Waals surface area contributed by atoms with Crippen molar-refractivity contribution < 1.29 is 14.3 Å². The molecule has 19 heavy (non-hydrogen) atoms. The van der Waals surface area contributed by atoms with E-state index >= 15 is 0 Å². The maximum atomic E-state index is 12.5. The van der Waals surface area contributed by atoms with Crippen LogP contribution >= 0.6 is 0 Å². The van der Waals surface area contributed by atoms with Gasteiger partial charge in [-0.1, -0.05) is 13.3 Å². The molecular formula is C14H24N2O3. The van der Waals surface area contributed by atoms with Crippen LogP contribution in [0.3, 0.4) is 0 Å². The second-order valence-electron chi connectivity index (χ2n) is 5.56. The molecular weight excluding hydrogens is 244 g/mol. The van der Waals surface area contributed by atoms with Crippen LogP contribution in [0, 0.1) is 0 Å². The van der Waals surface area contributed by atoms with Gasteiger partial charge in [-0.3, -0.25) is 9.59 Å². The normalized spacial score (nSPS) is 33.4. The topological polar surface area (TPSA) is 58.6 Å². The fraction of sp³-hybridized carbons (Fsp3) is 0.857. The van der Waals surface area contributed by atoms with Crippen LogP contribution in [0.5, 0.6) is 0 Å². The number of piperazine rings is 1. The van der Waals surface area contributed by atoms with E-state index in [0.29, 0.717) is 6.42 Å². The van der Waals surface area contributed by atoms with Crippen LogP contribution < -0.4 is 5.32 Å². The van der Waals surface area contributed by atoms with Gasteiger partial charge >= 0.3 is 0 Å². The fourth-order valence-electron chi connectivity index (χ4n) is 3.05. The molecule has 0 radical (unpaired) electrons. The minimum atomic E-state index is -0.403. The molecule has 5 heteroatoms. The van der Waals surface area contributed by atoms with Crippen molar-refractivity contribution in [2.75, 3.05) is 6.61 Å². The predicted molar refractivity (Wildman–Crippen MR) is 71.6 cm³/mol. The van der Waals surface area contributed by atoms with Gasteiger partial charge in [-0.05, 0) is 33.1 Å². The van der Waals surface area contributed by atoms with E-state index in [-0.39, 0.29) is 30.0 Å². The SMILES string of the molecule is CCCC1NC(=O)C(C)N(C(C)C2CCCO2)C1=O. The number of rotatable bonds is 4. The second kappa shape index (κ2) is 5.90. The number of nitrogens with one attached hydrogen (secondary N) is 1. The Balaban J connectivity index is 2.14. The van der Waals surface area contributed by atoms with Gasteiger partial charge in [0.2, 0.25) is 11.8 Å². The van der Waals surface area contributed by atoms with Gasteiger partial charge in [0.1, 0.15) is 12.1 Å². The Bertz CT molecular complexity index is 353. The second-order valence-corrected chi connectivity index (χ2v) is 5.56. The smallest absolute Gasteiger partial charge is 0.246 e. The van der Waals surface area contributed by atoms with E-state index in [1.807, 2.05) is 13.8 Å². The van der Waals surface area contributed by atoms with Crippen molar-refractivity contribution in [3.63, 3.8) is 0 Å². The largest absolute Gasteiger partial charge is 0.376 e. The number of carbonyl (C=O) groups excluding carboxylic acids is 2. The maximum absolute atomic E-state index is 12.5. The molecule has 2 fully saturated rings. The molecule has 0 aliphatic carbocycles. The van der Waals surface area contributed by atoms with Crippen molar-refractivity contribution in [2.24, 2.45) is 0 Å². The van der Waals surface area contributed by atoms with Gasteiger partial charge in [0.25, 0.3) is 0 Å². The molecule has 2 rings (SSSR count). The number of hydrogen-bond acceptors (Lipinski definition) is 3. The standard InChI is InChI=1S/C14H24N2O3/c1-4-6-11-14(18)16(10(3)13(17)15-11)9(2)12-7-5-8-19-12/h9-12H,4-8H2,1-3H3,(H,15,17). The molecule has 2 amide bonds.